The highest BCUT2D eigenvalue weighted by Gasteiger charge is 2.10. The zero-order valence-corrected chi connectivity index (χ0v) is 10.7. The van der Waals surface area contributed by atoms with Gasteiger partial charge in [0.25, 0.3) is 0 Å². The maximum absolute atomic E-state index is 11.7. The summed E-state index contributed by atoms with van der Waals surface area (Å²) in [5.74, 6) is 0.0636. The molecule has 0 aliphatic carbocycles. The molecule has 17 heavy (non-hydrogen) atoms. The number of ether oxygens (including phenoxy) is 1. The fraction of sp³-hybridized carbons (Fsp3) is 0.385. The van der Waals surface area contributed by atoms with Gasteiger partial charge in [0, 0.05) is 17.9 Å². The number of carbonyl (C=O) groups is 2. The van der Waals surface area contributed by atoms with Gasteiger partial charge in [0.2, 0.25) is 0 Å². The number of ketones is 1. The first kappa shape index (κ1) is 13.7. The number of methoxy groups -OCH3 is 1. The number of Topliss-reactive ketones (excluding diaryl/α,β-unsaturated/α-hetero) is 1. The highest BCUT2D eigenvalue weighted by molar-refractivity contribution is 6.19. The van der Waals surface area contributed by atoms with E-state index in [1.807, 2.05) is 13.0 Å². The summed E-state index contributed by atoms with van der Waals surface area (Å²) in [5.41, 5.74) is 2.37. The van der Waals surface area contributed by atoms with E-state index in [9.17, 15) is 9.59 Å². The largest absolute Gasteiger partial charge is 0.469 e. The fourth-order valence-electron chi connectivity index (χ4n) is 1.61. The Morgan fingerprint density at radius 3 is 2.59 bits per heavy atom. The number of benzene rings is 1. The zero-order valence-electron chi connectivity index (χ0n) is 9.96. The lowest BCUT2D eigenvalue weighted by atomic mass is 9.99. The van der Waals surface area contributed by atoms with E-state index in [-0.39, 0.29) is 18.2 Å². The van der Waals surface area contributed by atoms with Gasteiger partial charge in [0.15, 0.2) is 5.78 Å². The van der Waals surface area contributed by atoms with E-state index in [2.05, 4.69) is 4.74 Å². The summed E-state index contributed by atoms with van der Waals surface area (Å²) in [5, 5.41) is 0. The maximum Gasteiger partial charge on any atom is 0.309 e. The molecule has 1 aromatic carbocycles. The Balaban J connectivity index is 2.86. The second kappa shape index (κ2) is 6.40. The molecular weight excluding hydrogens is 240 g/mol. The number of rotatable bonds is 5. The average Bonchev–Trinajstić information content (AvgIpc) is 2.29. The van der Waals surface area contributed by atoms with Crippen molar-refractivity contribution in [3.05, 3.63) is 34.9 Å². The van der Waals surface area contributed by atoms with E-state index < -0.39 is 0 Å². The van der Waals surface area contributed by atoms with Gasteiger partial charge in [-0.15, -0.1) is 11.6 Å². The minimum absolute atomic E-state index is 0.0297. The molecule has 0 saturated heterocycles. The summed E-state index contributed by atoms with van der Waals surface area (Å²) in [7, 11) is 1.35. The van der Waals surface area contributed by atoms with Crippen molar-refractivity contribution in [3.63, 3.8) is 0 Å². The molecule has 0 N–H and O–H groups in total. The van der Waals surface area contributed by atoms with Crippen LogP contribution in [0.1, 0.15) is 27.9 Å². The van der Waals surface area contributed by atoms with E-state index in [1.165, 1.54) is 7.11 Å². The summed E-state index contributed by atoms with van der Waals surface area (Å²) < 4.78 is 4.59. The van der Waals surface area contributed by atoms with Gasteiger partial charge in [0.05, 0.1) is 13.5 Å². The number of carbonyl (C=O) groups excluding carboxylic acids is 2. The van der Waals surface area contributed by atoms with Crippen molar-refractivity contribution in [1.29, 1.82) is 0 Å². The minimum atomic E-state index is -0.288. The van der Waals surface area contributed by atoms with Gasteiger partial charge in [0.1, 0.15) is 0 Å². The van der Waals surface area contributed by atoms with Crippen LogP contribution in [-0.4, -0.2) is 24.7 Å². The molecule has 0 atom stereocenters. The summed E-state index contributed by atoms with van der Waals surface area (Å²) in [4.78, 5) is 22.8. The number of aryl methyl sites for hydroxylation is 1. The molecule has 0 fully saturated rings. The molecule has 0 radical (unpaired) electrons. The topological polar surface area (TPSA) is 43.4 Å². The molecule has 0 bridgehead atoms. The molecule has 3 nitrogen and oxygen atoms in total. The standard InChI is InChI=1S/C13H15ClO3/c1-9-7-10(8-13(16)17-2)3-4-11(9)12(15)5-6-14/h3-4,7H,5-6,8H2,1-2H3. The third-order valence-corrected chi connectivity index (χ3v) is 2.68. The second-order valence-corrected chi connectivity index (χ2v) is 4.14. The number of hydrogen-bond acceptors (Lipinski definition) is 3. The zero-order chi connectivity index (χ0) is 12.8. The molecule has 1 rings (SSSR count). The summed E-state index contributed by atoms with van der Waals surface area (Å²) >= 11 is 5.54. The van der Waals surface area contributed by atoms with Crippen molar-refractivity contribution >= 4 is 23.4 Å². The Morgan fingerprint density at radius 2 is 2.06 bits per heavy atom. The van der Waals surface area contributed by atoms with Gasteiger partial charge in [-0.1, -0.05) is 18.2 Å². The number of halogens is 1. The molecule has 0 aromatic heterocycles. The first-order valence-corrected chi connectivity index (χ1v) is 5.87. The van der Waals surface area contributed by atoms with E-state index >= 15 is 0 Å². The quantitative estimate of drug-likeness (QED) is 0.461. The van der Waals surface area contributed by atoms with Crippen molar-refractivity contribution in [2.75, 3.05) is 13.0 Å². The van der Waals surface area contributed by atoms with E-state index in [0.29, 0.717) is 17.9 Å². The average molecular weight is 255 g/mol. The Labute approximate surface area is 106 Å². The van der Waals surface area contributed by atoms with E-state index in [1.54, 1.807) is 12.1 Å². The first-order valence-electron chi connectivity index (χ1n) is 5.34. The smallest absolute Gasteiger partial charge is 0.309 e. The van der Waals surface area contributed by atoms with Crippen LogP contribution in [0.15, 0.2) is 18.2 Å². The third kappa shape index (κ3) is 3.86. The van der Waals surface area contributed by atoms with Crippen LogP contribution in [-0.2, 0) is 16.0 Å². The third-order valence-electron chi connectivity index (χ3n) is 2.49. The van der Waals surface area contributed by atoms with Gasteiger partial charge in [-0.25, -0.2) is 0 Å². The maximum atomic E-state index is 11.7. The summed E-state index contributed by atoms with van der Waals surface area (Å²) in [6.07, 6.45) is 0.556. The molecule has 1 aromatic rings. The summed E-state index contributed by atoms with van der Waals surface area (Å²) in [6.45, 7) is 1.85. The van der Waals surface area contributed by atoms with Gasteiger partial charge >= 0.3 is 5.97 Å². The number of esters is 1. The first-order chi connectivity index (χ1) is 8.08. The molecule has 0 spiro atoms. The highest BCUT2D eigenvalue weighted by Crippen LogP contribution is 2.14. The van der Waals surface area contributed by atoms with E-state index in [0.717, 1.165) is 11.1 Å². The molecule has 0 aliphatic rings. The van der Waals surface area contributed by atoms with Crippen LogP contribution >= 0.6 is 11.6 Å². The van der Waals surface area contributed by atoms with Crippen LogP contribution < -0.4 is 0 Å². The molecular formula is C13H15ClO3. The number of hydrogen-bond donors (Lipinski definition) is 0. The fourth-order valence-corrected chi connectivity index (χ4v) is 1.78. The Kier molecular flexibility index (Phi) is 5.16. The number of alkyl halides is 1. The van der Waals surface area contributed by atoms with Crippen LogP contribution in [0.25, 0.3) is 0 Å². The molecule has 0 aliphatic heterocycles. The minimum Gasteiger partial charge on any atom is -0.469 e. The van der Waals surface area contributed by atoms with Crippen molar-refractivity contribution in [2.45, 2.75) is 19.8 Å². The molecule has 0 unspecified atom stereocenters. The molecule has 0 amide bonds. The van der Waals surface area contributed by atoms with Crippen molar-refractivity contribution in [3.8, 4) is 0 Å². The van der Waals surface area contributed by atoms with Crippen molar-refractivity contribution in [2.24, 2.45) is 0 Å². The molecule has 92 valence electrons. The lowest BCUT2D eigenvalue weighted by molar-refractivity contribution is -0.139. The van der Waals surface area contributed by atoms with Crippen LogP contribution in [0.5, 0.6) is 0 Å². The van der Waals surface area contributed by atoms with Gasteiger partial charge in [-0.3, -0.25) is 9.59 Å². The molecule has 4 heteroatoms. The van der Waals surface area contributed by atoms with Crippen LogP contribution in [0.3, 0.4) is 0 Å². The SMILES string of the molecule is COC(=O)Cc1ccc(C(=O)CCCl)c(C)c1. The van der Waals surface area contributed by atoms with E-state index in [4.69, 9.17) is 11.6 Å². The lowest BCUT2D eigenvalue weighted by Crippen LogP contribution is -2.07. The van der Waals surface area contributed by atoms with Crippen LogP contribution in [0.2, 0.25) is 0 Å². The summed E-state index contributed by atoms with van der Waals surface area (Å²) in [6, 6.07) is 5.34. The predicted molar refractivity (Wildman–Crippen MR) is 66.6 cm³/mol. The van der Waals surface area contributed by atoms with Gasteiger partial charge < -0.3 is 4.74 Å². The van der Waals surface area contributed by atoms with Gasteiger partial charge in [-0.05, 0) is 18.1 Å². The van der Waals surface area contributed by atoms with Crippen molar-refractivity contribution in [1.82, 2.24) is 0 Å². The molecule has 0 heterocycles. The normalized spacial score (nSPS) is 10.1. The lowest BCUT2D eigenvalue weighted by Gasteiger charge is -2.06. The highest BCUT2D eigenvalue weighted by atomic mass is 35.5. The Hall–Kier alpha value is -1.35. The van der Waals surface area contributed by atoms with Gasteiger partial charge in [-0.2, -0.15) is 0 Å². The second-order valence-electron chi connectivity index (χ2n) is 3.76. The van der Waals surface area contributed by atoms with Crippen molar-refractivity contribution < 1.29 is 14.3 Å². The Bertz CT molecular complexity index is 427. The molecule has 0 saturated carbocycles. The monoisotopic (exact) mass is 254 g/mol. The van der Waals surface area contributed by atoms with Crippen LogP contribution in [0.4, 0.5) is 0 Å². The Morgan fingerprint density at radius 1 is 1.35 bits per heavy atom. The van der Waals surface area contributed by atoms with Crippen LogP contribution in [0, 0.1) is 6.92 Å². The predicted octanol–water partition coefficient (Wildman–Crippen LogP) is 2.52.